The second kappa shape index (κ2) is 9.15. The van der Waals surface area contributed by atoms with Gasteiger partial charge in [0.15, 0.2) is 0 Å². The molecule has 0 heterocycles. The molecule has 0 bridgehead atoms. The van der Waals surface area contributed by atoms with E-state index in [-0.39, 0.29) is 24.4 Å². The van der Waals surface area contributed by atoms with Crippen LogP contribution in [0.2, 0.25) is 0 Å². The first-order valence-electron chi connectivity index (χ1n) is 5.74. The van der Waals surface area contributed by atoms with E-state index >= 15 is 0 Å². The van der Waals surface area contributed by atoms with Crippen molar-refractivity contribution in [2.75, 3.05) is 18.6 Å². The van der Waals surface area contributed by atoms with Gasteiger partial charge in [-0.2, -0.15) is 11.8 Å². The summed E-state index contributed by atoms with van der Waals surface area (Å²) in [5, 5.41) is 14.1. The molecule has 2 unspecified atom stereocenters. The lowest BCUT2D eigenvalue weighted by atomic mass is 10.1. The minimum atomic E-state index is -0.839. The molecule has 6 heteroatoms. The summed E-state index contributed by atoms with van der Waals surface area (Å²) in [6.07, 6.45) is 2.96. The summed E-state index contributed by atoms with van der Waals surface area (Å²) in [7, 11) is 0. The molecule has 0 aliphatic carbocycles. The van der Waals surface area contributed by atoms with Crippen LogP contribution in [0, 0.1) is 5.92 Å². The van der Waals surface area contributed by atoms with E-state index in [1.165, 1.54) is 0 Å². The zero-order chi connectivity index (χ0) is 13.3. The van der Waals surface area contributed by atoms with Gasteiger partial charge < -0.3 is 15.7 Å². The molecule has 0 aromatic carbocycles. The number of carbonyl (C=O) groups excluding carboxylic acids is 1. The van der Waals surface area contributed by atoms with Crippen LogP contribution in [-0.2, 0) is 4.79 Å². The molecule has 2 amide bonds. The van der Waals surface area contributed by atoms with Crippen LogP contribution in [0.1, 0.15) is 26.7 Å². The SMILES string of the molecule is CCC(CSC)NC(=O)NCC(C)CC(=O)O. The highest BCUT2D eigenvalue weighted by atomic mass is 32.2. The Hall–Kier alpha value is -0.910. The second-order valence-corrected chi connectivity index (χ2v) is 5.03. The third-order valence-electron chi connectivity index (χ3n) is 2.33. The number of carbonyl (C=O) groups is 2. The van der Waals surface area contributed by atoms with Crippen LogP contribution in [0.4, 0.5) is 4.79 Å². The van der Waals surface area contributed by atoms with Crippen LogP contribution < -0.4 is 10.6 Å². The summed E-state index contributed by atoms with van der Waals surface area (Å²) in [6.45, 7) is 4.20. The number of hydrogen-bond acceptors (Lipinski definition) is 3. The Kier molecular flexibility index (Phi) is 8.66. The van der Waals surface area contributed by atoms with Gasteiger partial charge in [0.05, 0.1) is 0 Å². The fourth-order valence-electron chi connectivity index (χ4n) is 1.34. The van der Waals surface area contributed by atoms with Gasteiger partial charge in [0.2, 0.25) is 0 Å². The molecule has 0 aromatic rings. The van der Waals surface area contributed by atoms with Crippen LogP contribution in [0.5, 0.6) is 0 Å². The van der Waals surface area contributed by atoms with E-state index in [0.717, 1.165) is 12.2 Å². The minimum absolute atomic E-state index is 0.0566. The first kappa shape index (κ1) is 16.1. The van der Waals surface area contributed by atoms with Gasteiger partial charge in [-0.3, -0.25) is 4.79 Å². The topological polar surface area (TPSA) is 78.4 Å². The molecule has 0 rings (SSSR count). The smallest absolute Gasteiger partial charge is 0.315 e. The van der Waals surface area contributed by atoms with Crippen LogP contribution in [0.15, 0.2) is 0 Å². The van der Waals surface area contributed by atoms with Crippen molar-refractivity contribution in [1.82, 2.24) is 10.6 Å². The van der Waals surface area contributed by atoms with E-state index in [0.29, 0.717) is 6.54 Å². The maximum absolute atomic E-state index is 11.5. The Labute approximate surface area is 107 Å². The molecule has 2 atom stereocenters. The lowest BCUT2D eigenvalue weighted by Crippen LogP contribution is -2.44. The van der Waals surface area contributed by atoms with Crippen LogP contribution in [0.25, 0.3) is 0 Å². The number of nitrogens with one attached hydrogen (secondary N) is 2. The number of carboxylic acids is 1. The number of aliphatic carboxylic acids is 1. The van der Waals surface area contributed by atoms with Crippen LogP contribution in [-0.4, -0.2) is 41.7 Å². The van der Waals surface area contributed by atoms with Crippen molar-refractivity contribution in [3.8, 4) is 0 Å². The Morgan fingerprint density at radius 2 is 2.06 bits per heavy atom. The molecule has 0 aromatic heterocycles. The maximum Gasteiger partial charge on any atom is 0.315 e. The van der Waals surface area contributed by atoms with Gasteiger partial charge in [-0.05, 0) is 18.6 Å². The third-order valence-corrected chi connectivity index (χ3v) is 3.07. The standard InChI is InChI=1S/C11H22N2O3S/c1-4-9(7-17-3)13-11(16)12-6-8(2)5-10(14)15/h8-9H,4-7H2,1-3H3,(H,14,15)(H2,12,13,16). The molecular weight excluding hydrogens is 240 g/mol. The van der Waals surface area contributed by atoms with Crippen molar-refractivity contribution in [2.24, 2.45) is 5.92 Å². The predicted molar refractivity (Wildman–Crippen MR) is 70.4 cm³/mol. The molecule has 0 aliphatic rings. The monoisotopic (exact) mass is 262 g/mol. The summed E-state index contributed by atoms with van der Waals surface area (Å²) in [4.78, 5) is 21.9. The lowest BCUT2D eigenvalue weighted by Gasteiger charge is -2.17. The molecule has 100 valence electrons. The lowest BCUT2D eigenvalue weighted by molar-refractivity contribution is -0.137. The average molecular weight is 262 g/mol. The number of carboxylic acid groups (broad SMARTS) is 1. The van der Waals surface area contributed by atoms with Gasteiger partial charge in [-0.1, -0.05) is 13.8 Å². The van der Waals surface area contributed by atoms with Crippen molar-refractivity contribution in [2.45, 2.75) is 32.7 Å². The van der Waals surface area contributed by atoms with Gasteiger partial charge in [0.1, 0.15) is 0 Å². The second-order valence-electron chi connectivity index (χ2n) is 4.12. The first-order chi connectivity index (χ1) is 7.99. The molecule has 0 saturated heterocycles. The van der Waals surface area contributed by atoms with Crippen LogP contribution >= 0.6 is 11.8 Å². The summed E-state index contributed by atoms with van der Waals surface area (Å²) in [5.41, 5.74) is 0. The Morgan fingerprint density at radius 1 is 1.41 bits per heavy atom. The Bertz CT molecular complexity index is 249. The van der Waals surface area contributed by atoms with E-state index in [9.17, 15) is 9.59 Å². The van der Waals surface area contributed by atoms with Gasteiger partial charge in [-0.25, -0.2) is 4.79 Å². The number of thioether (sulfide) groups is 1. The first-order valence-corrected chi connectivity index (χ1v) is 7.14. The highest BCUT2D eigenvalue weighted by Gasteiger charge is 2.12. The van der Waals surface area contributed by atoms with Crippen molar-refractivity contribution >= 4 is 23.8 Å². The predicted octanol–water partition coefficient (Wildman–Crippen LogP) is 1.54. The molecular formula is C11H22N2O3S. The van der Waals surface area contributed by atoms with Gasteiger partial charge in [0.25, 0.3) is 0 Å². The zero-order valence-electron chi connectivity index (χ0n) is 10.7. The summed E-state index contributed by atoms with van der Waals surface area (Å²) >= 11 is 1.69. The van der Waals surface area contributed by atoms with E-state index in [1.807, 2.05) is 13.2 Å². The molecule has 0 aliphatic heterocycles. The fraction of sp³-hybridized carbons (Fsp3) is 0.818. The van der Waals surface area contributed by atoms with E-state index in [2.05, 4.69) is 10.6 Å². The van der Waals surface area contributed by atoms with Crippen molar-refractivity contribution < 1.29 is 14.7 Å². The molecule has 0 fully saturated rings. The summed E-state index contributed by atoms with van der Waals surface area (Å²) < 4.78 is 0. The maximum atomic E-state index is 11.5. The van der Waals surface area contributed by atoms with E-state index < -0.39 is 5.97 Å². The zero-order valence-corrected chi connectivity index (χ0v) is 11.5. The highest BCUT2D eigenvalue weighted by molar-refractivity contribution is 7.98. The molecule has 0 saturated carbocycles. The Morgan fingerprint density at radius 3 is 2.53 bits per heavy atom. The molecule has 5 nitrogen and oxygen atoms in total. The highest BCUT2D eigenvalue weighted by Crippen LogP contribution is 2.01. The summed E-state index contributed by atoms with van der Waals surface area (Å²) in [6, 6.07) is -0.0529. The fourth-order valence-corrected chi connectivity index (χ4v) is 2.06. The molecule has 3 N–H and O–H groups in total. The summed E-state index contributed by atoms with van der Waals surface area (Å²) in [5.74, 6) is -0.0124. The van der Waals surface area contributed by atoms with Gasteiger partial charge in [0, 0.05) is 24.8 Å². The average Bonchev–Trinajstić information content (AvgIpc) is 2.25. The van der Waals surface area contributed by atoms with E-state index in [4.69, 9.17) is 5.11 Å². The van der Waals surface area contributed by atoms with Crippen molar-refractivity contribution in [3.63, 3.8) is 0 Å². The molecule has 0 spiro atoms. The van der Waals surface area contributed by atoms with Gasteiger partial charge >= 0.3 is 12.0 Å². The Balaban J connectivity index is 3.81. The number of urea groups is 1. The normalized spacial score (nSPS) is 13.8. The van der Waals surface area contributed by atoms with E-state index in [1.54, 1.807) is 18.7 Å². The van der Waals surface area contributed by atoms with Crippen LogP contribution in [0.3, 0.4) is 0 Å². The van der Waals surface area contributed by atoms with Gasteiger partial charge in [-0.15, -0.1) is 0 Å². The minimum Gasteiger partial charge on any atom is -0.481 e. The third kappa shape index (κ3) is 8.85. The number of amides is 2. The quantitative estimate of drug-likeness (QED) is 0.620. The molecule has 17 heavy (non-hydrogen) atoms. The molecule has 0 radical (unpaired) electrons. The largest absolute Gasteiger partial charge is 0.481 e. The van der Waals surface area contributed by atoms with Crippen molar-refractivity contribution in [3.05, 3.63) is 0 Å². The number of rotatable bonds is 8. The van der Waals surface area contributed by atoms with Crippen molar-refractivity contribution in [1.29, 1.82) is 0 Å². The number of hydrogen-bond donors (Lipinski definition) is 3.